The average molecular weight is 471 g/mol. The summed E-state index contributed by atoms with van der Waals surface area (Å²) < 4.78 is 33.0. The molecule has 2 aromatic heterocycles. The minimum atomic E-state index is -3.88. The number of aromatic amines is 1. The van der Waals surface area contributed by atoms with Crippen LogP contribution >= 0.6 is 0 Å². The highest BCUT2D eigenvalue weighted by molar-refractivity contribution is 7.89. The summed E-state index contributed by atoms with van der Waals surface area (Å²) in [4.78, 5) is 49.1. The molecule has 0 aliphatic carbocycles. The van der Waals surface area contributed by atoms with Crippen LogP contribution < -0.4 is 4.72 Å². The highest BCUT2D eigenvalue weighted by atomic mass is 32.2. The van der Waals surface area contributed by atoms with Crippen molar-refractivity contribution in [3.63, 3.8) is 0 Å². The fourth-order valence-electron chi connectivity index (χ4n) is 3.69. The van der Waals surface area contributed by atoms with Crippen molar-refractivity contribution in [3.05, 3.63) is 53.2 Å². The number of aromatic nitrogens is 3. The van der Waals surface area contributed by atoms with Gasteiger partial charge in [-0.1, -0.05) is 0 Å². The lowest BCUT2D eigenvalue weighted by molar-refractivity contribution is -0.141. The Bertz CT molecular complexity index is 1370. The standard InChI is InChI=1S/C21H21N5O6S/c1-12-18-19(21(29)26(20(18)28)7-8-32-13(2)27)16-9-15(3-4-17(16)25-12)33(30,31)24-6-5-14-10-22-11-23-14/h3-4,9-11,24H,5-8H2,1-2H3,(H,22,23). The van der Waals surface area contributed by atoms with Crippen LogP contribution in [0.4, 0.5) is 0 Å². The minimum Gasteiger partial charge on any atom is -0.464 e. The van der Waals surface area contributed by atoms with Crippen molar-refractivity contribution in [2.75, 3.05) is 19.7 Å². The Labute approximate surface area is 189 Å². The Balaban J connectivity index is 1.65. The van der Waals surface area contributed by atoms with E-state index in [1.165, 1.54) is 31.5 Å². The average Bonchev–Trinajstić information content (AvgIpc) is 3.35. The number of carbonyl (C=O) groups is 3. The molecular weight excluding hydrogens is 450 g/mol. The van der Waals surface area contributed by atoms with Gasteiger partial charge in [-0.3, -0.25) is 24.3 Å². The molecule has 2 N–H and O–H groups in total. The molecule has 0 bridgehead atoms. The van der Waals surface area contributed by atoms with Gasteiger partial charge in [0.05, 0.1) is 45.8 Å². The van der Waals surface area contributed by atoms with E-state index in [9.17, 15) is 22.8 Å². The van der Waals surface area contributed by atoms with Gasteiger partial charge in [-0.15, -0.1) is 0 Å². The van der Waals surface area contributed by atoms with Crippen LogP contribution in [0.3, 0.4) is 0 Å². The summed E-state index contributed by atoms with van der Waals surface area (Å²) in [6, 6.07) is 4.25. The van der Waals surface area contributed by atoms with Gasteiger partial charge in [0.15, 0.2) is 0 Å². The molecule has 0 radical (unpaired) electrons. The maximum atomic E-state index is 13.1. The zero-order valence-corrected chi connectivity index (χ0v) is 18.7. The molecule has 2 amide bonds. The zero-order chi connectivity index (χ0) is 23.8. The number of ether oxygens (including phenoxy) is 1. The summed E-state index contributed by atoms with van der Waals surface area (Å²) in [5.41, 5.74) is 1.69. The fourth-order valence-corrected chi connectivity index (χ4v) is 4.74. The van der Waals surface area contributed by atoms with Crippen LogP contribution in [0.1, 0.15) is 39.0 Å². The molecule has 12 heteroatoms. The Morgan fingerprint density at radius 1 is 1.21 bits per heavy atom. The number of imide groups is 1. The second-order valence-corrected chi connectivity index (χ2v) is 9.20. The number of hydrogen-bond donors (Lipinski definition) is 2. The lowest BCUT2D eigenvalue weighted by Gasteiger charge is -2.13. The van der Waals surface area contributed by atoms with Gasteiger partial charge in [0.25, 0.3) is 11.8 Å². The third-order valence-electron chi connectivity index (χ3n) is 5.21. The van der Waals surface area contributed by atoms with Crippen molar-refractivity contribution < 1.29 is 27.5 Å². The Morgan fingerprint density at radius 3 is 2.67 bits per heavy atom. The molecule has 4 rings (SSSR count). The van der Waals surface area contributed by atoms with E-state index in [1.54, 1.807) is 13.1 Å². The third kappa shape index (κ3) is 4.34. The summed E-state index contributed by atoms with van der Waals surface area (Å²) in [5, 5.41) is 0.263. The van der Waals surface area contributed by atoms with E-state index in [0.717, 1.165) is 4.90 Å². The lowest BCUT2D eigenvalue weighted by Crippen LogP contribution is -2.33. The molecule has 3 heterocycles. The molecule has 11 nitrogen and oxygen atoms in total. The largest absolute Gasteiger partial charge is 0.464 e. The van der Waals surface area contributed by atoms with E-state index < -0.39 is 27.8 Å². The smallest absolute Gasteiger partial charge is 0.302 e. The summed E-state index contributed by atoms with van der Waals surface area (Å²) in [6.45, 7) is 2.73. The molecule has 0 saturated heterocycles. The van der Waals surface area contributed by atoms with Crippen LogP contribution in [-0.2, 0) is 26.0 Å². The summed E-state index contributed by atoms with van der Waals surface area (Å²) in [5.74, 6) is -1.66. The molecule has 0 spiro atoms. The summed E-state index contributed by atoms with van der Waals surface area (Å²) in [6.07, 6.45) is 3.59. The van der Waals surface area contributed by atoms with Gasteiger partial charge in [0, 0.05) is 31.5 Å². The number of imidazole rings is 1. The first-order valence-corrected chi connectivity index (χ1v) is 11.6. The second kappa shape index (κ2) is 8.71. The first kappa shape index (κ1) is 22.6. The third-order valence-corrected chi connectivity index (χ3v) is 6.67. The molecular formula is C21H21N5O6S. The Kier molecular flexibility index (Phi) is 5.95. The number of fused-ring (bicyclic) bond motifs is 3. The Morgan fingerprint density at radius 2 is 1.97 bits per heavy atom. The molecule has 0 atom stereocenters. The van der Waals surface area contributed by atoms with Crippen molar-refractivity contribution in [2.24, 2.45) is 0 Å². The van der Waals surface area contributed by atoms with Crippen molar-refractivity contribution in [1.29, 1.82) is 0 Å². The monoisotopic (exact) mass is 471 g/mol. The van der Waals surface area contributed by atoms with E-state index in [0.29, 0.717) is 23.3 Å². The number of esters is 1. The Hall–Kier alpha value is -3.64. The fraction of sp³-hybridized carbons (Fsp3) is 0.286. The van der Waals surface area contributed by atoms with Crippen molar-refractivity contribution in [2.45, 2.75) is 25.2 Å². The molecule has 3 aromatic rings. The van der Waals surface area contributed by atoms with Crippen LogP contribution in [0.15, 0.2) is 35.6 Å². The van der Waals surface area contributed by atoms with E-state index in [1.807, 2.05) is 0 Å². The number of sulfonamides is 1. The molecule has 0 saturated carbocycles. The first-order chi connectivity index (χ1) is 15.7. The number of nitrogens with one attached hydrogen (secondary N) is 2. The number of aryl methyl sites for hydroxylation is 1. The maximum Gasteiger partial charge on any atom is 0.302 e. The van der Waals surface area contributed by atoms with Gasteiger partial charge >= 0.3 is 5.97 Å². The van der Waals surface area contributed by atoms with Gasteiger partial charge < -0.3 is 9.72 Å². The number of nitrogens with zero attached hydrogens (tertiary/aromatic N) is 3. The van der Waals surface area contributed by atoms with E-state index in [-0.39, 0.29) is 41.1 Å². The van der Waals surface area contributed by atoms with Gasteiger partial charge in [0.2, 0.25) is 10.0 Å². The normalized spacial score (nSPS) is 13.6. The number of H-pyrrole nitrogens is 1. The number of rotatable bonds is 8. The van der Waals surface area contributed by atoms with E-state index >= 15 is 0 Å². The first-order valence-electron chi connectivity index (χ1n) is 10.1. The molecule has 172 valence electrons. The lowest BCUT2D eigenvalue weighted by atomic mass is 10.0. The number of hydrogen-bond acceptors (Lipinski definition) is 8. The number of carbonyl (C=O) groups excluding carboxylic acids is 3. The molecule has 1 aliphatic rings. The summed E-state index contributed by atoms with van der Waals surface area (Å²) >= 11 is 0. The van der Waals surface area contributed by atoms with Crippen LogP contribution in [-0.4, -0.2) is 65.7 Å². The van der Waals surface area contributed by atoms with Gasteiger partial charge in [-0.25, -0.2) is 18.1 Å². The number of amides is 2. The predicted molar refractivity (Wildman–Crippen MR) is 116 cm³/mol. The number of benzene rings is 1. The predicted octanol–water partition coefficient (Wildman–Crippen LogP) is 0.946. The molecule has 0 fully saturated rings. The highest BCUT2D eigenvalue weighted by Crippen LogP contribution is 2.32. The quantitative estimate of drug-likeness (QED) is 0.364. The van der Waals surface area contributed by atoms with Crippen LogP contribution in [0, 0.1) is 6.92 Å². The van der Waals surface area contributed by atoms with Crippen molar-refractivity contribution >= 4 is 38.7 Å². The van der Waals surface area contributed by atoms with Crippen LogP contribution in [0.2, 0.25) is 0 Å². The van der Waals surface area contributed by atoms with Crippen molar-refractivity contribution in [3.8, 4) is 0 Å². The van der Waals surface area contributed by atoms with Crippen LogP contribution in [0.25, 0.3) is 10.9 Å². The maximum absolute atomic E-state index is 13.1. The second-order valence-electron chi connectivity index (χ2n) is 7.44. The SMILES string of the molecule is CC(=O)OCCN1C(=O)c2c(C)nc3ccc(S(=O)(=O)NCCc4c[nH]cn4)cc3c2C1=O. The van der Waals surface area contributed by atoms with E-state index in [4.69, 9.17) is 4.74 Å². The zero-order valence-electron chi connectivity index (χ0n) is 17.9. The van der Waals surface area contributed by atoms with Gasteiger partial charge in [0.1, 0.15) is 6.61 Å². The van der Waals surface area contributed by atoms with Gasteiger partial charge in [-0.2, -0.15) is 0 Å². The highest BCUT2D eigenvalue weighted by Gasteiger charge is 2.39. The topological polar surface area (TPSA) is 151 Å². The molecule has 0 unspecified atom stereocenters. The summed E-state index contributed by atoms with van der Waals surface area (Å²) in [7, 11) is -3.88. The van der Waals surface area contributed by atoms with Crippen molar-refractivity contribution in [1.82, 2.24) is 24.6 Å². The van der Waals surface area contributed by atoms with Gasteiger partial charge in [-0.05, 0) is 25.1 Å². The van der Waals surface area contributed by atoms with E-state index in [2.05, 4.69) is 19.7 Å². The van der Waals surface area contributed by atoms with Crippen LogP contribution in [0.5, 0.6) is 0 Å². The minimum absolute atomic E-state index is 0.0523. The number of pyridine rings is 1. The molecule has 1 aromatic carbocycles. The molecule has 33 heavy (non-hydrogen) atoms. The molecule has 1 aliphatic heterocycles.